The van der Waals surface area contributed by atoms with Crippen LogP contribution in [0.2, 0.25) is 0 Å². The summed E-state index contributed by atoms with van der Waals surface area (Å²) < 4.78 is 17.5. The van der Waals surface area contributed by atoms with Gasteiger partial charge in [-0.25, -0.2) is 4.39 Å². The Kier molecular flexibility index (Phi) is 0.734. The molecule has 4 atom stereocenters. The molecule has 0 aromatic carbocycles. The van der Waals surface area contributed by atoms with Crippen molar-refractivity contribution in [1.82, 2.24) is 0 Å². The lowest BCUT2D eigenvalue weighted by Gasteiger charge is -2.01. The van der Waals surface area contributed by atoms with Crippen LogP contribution in [0.1, 0.15) is 13.3 Å². The summed E-state index contributed by atoms with van der Waals surface area (Å²) >= 11 is 0. The van der Waals surface area contributed by atoms with Crippen LogP contribution in [0.4, 0.5) is 4.39 Å². The molecule has 1 aliphatic carbocycles. The molecular weight excluding hydrogens is 107 g/mol. The fourth-order valence-electron chi connectivity index (χ4n) is 1.51. The van der Waals surface area contributed by atoms with Crippen molar-refractivity contribution in [3.63, 3.8) is 0 Å². The molecule has 1 nitrogen and oxygen atoms in total. The topological polar surface area (TPSA) is 12.5 Å². The highest BCUT2D eigenvalue weighted by atomic mass is 19.1. The van der Waals surface area contributed by atoms with E-state index in [1.165, 1.54) is 0 Å². The summed E-state index contributed by atoms with van der Waals surface area (Å²) in [5, 5.41) is 0. The zero-order valence-corrected chi connectivity index (χ0v) is 4.80. The fourth-order valence-corrected chi connectivity index (χ4v) is 1.51. The molecule has 0 amide bonds. The third-order valence-electron chi connectivity index (χ3n) is 2.08. The molecule has 0 N–H and O–H groups in total. The minimum Gasteiger partial charge on any atom is -0.366 e. The van der Waals surface area contributed by atoms with E-state index in [2.05, 4.69) is 0 Å². The molecule has 0 aromatic heterocycles. The molecule has 2 aliphatic rings. The third-order valence-corrected chi connectivity index (χ3v) is 2.08. The van der Waals surface area contributed by atoms with Gasteiger partial charge in [-0.2, -0.15) is 0 Å². The van der Waals surface area contributed by atoms with E-state index in [0.29, 0.717) is 5.92 Å². The number of alkyl halides is 1. The van der Waals surface area contributed by atoms with Crippen molar-refractivity contribution in [3.05, 3.63) is 0 Å². The first kappa shape index (κ1) is 4.74. The minimum absolute atomic E-state index is 0.00926. The Morgan fingerprint density at radius 1 is 1.50 bits per heavy atom. The van der Waals surface area contributed by atoms with Crippen LogP contribution in [0.5, 0.6) is 0 Å². The molecule has 1 heterocycles. The van der Waals surface area contributed by atoms with Gasteiger partial charge >= 0.3 is 0 Å². The van der Waals surface area contributed by atoms with Crippen molar-refractivity contribution in [3.8, 4) is 0 Å². The van der Waals surface area contributed by atoms with Crippen LogP contribution < -0.4 is 0 Å². The highest BCUT2D eigenvalue weighted by Crippen LogP contribution is 2.44. The lowest BCUT2D eigenvalue weighted by molar-refractivity contribution is 0.183. The zero-order valence-electron chi connectivity index (χ0n) is 4.80. The van der Waals surface area contributed by atoms with E-state index < -0.39 is 6.17 Å². The van der Waals surface area contributed by atoms with Gasteiger partial charge in [-0.3, -0.25) is 0 Å². The molecule has 1 aliphatic heterocycles. The number of fused-ring (bicyclic) bond motifs is 1. The molecule has 2 heteroatoms. The molecule has 0 radical (unpaired) electrons. The first-order chi connectivity index (χ1) is 3.79. The molecule has 1 saturated heterocycles. The number of ether oxygens (including phenoxy) is 1. The van der Waals surface area contributed by atoms with Crippen LogP contribution >= 0.6 is 0 Å². The van der Waals surface area contributed by atoms with Crippen molar-refractivity contribution in [2.75, 3.05) is 0 Å². The Morgan fingerprint density at radius 3 is 2.38 bits per heavy atom. The summed E-state index contributed by atoms with van der Waals surface area (Å²) in [5.74, 6) is 0.468. The van der Waals surface area contributed by atoms with Crippen LogP contribution in [0.3, 0.4) is 0 Å². The lowest BCUT2D eigenvalue weighted by atomic mass is 10.1. The second-order valence-corrected chi connectivity index (χ2v) is 2.79. The Bertz CT molecular complexity index is 99.1. The predicted molar refractivity (Wildman–Crippen MR) is 27.3 cm³/mol. The second kappa shape index (κ2) is 1.24. The first-order valence-electron chi connectivity index (χ1n) is 3.08. The third kappa shape index (κ3) is 0.440. The summed E-state index contributed by atoms with van der Waals surface area (Å²) in [6.07, 6.45) is 0.333. The van der Waals surface area contributed by atoms with Gasteiger partial charge in [0.05, 0.1) is 6.10 Å². The maximum atomic E-state index is 12.5. The maximum Gasteiger partial charge on any atom is 0.129 e. The average molecular weight is 116 g/mol. The van der Waals surface area contributed by atoms with Gasteiger partial charge in [0, 0.05) is 0 Å². The summed E-state index contributed by atoms with van der Waals surface area (Å²) in [6.45, 7) is 2.05. The number of hydrogen-bond acceptors (Lipinski definition) is 1. The Morgan fingerprint density at radius 2 is 2.25 bits per heavy atom. The van der Waals surface area contributed by atoms with Crippen LogP contribution in [-0.4, -0.2) is 18.4 Å². The highest BCUT2D eigenvalue weighted by molar-refractivity contribution is 5.01. The molecule has 46 valence electrons. The van der Waals surface area contributed by atoms with Crippen molar-refractivity contribution in [2.24, 2.45) is 5.92 Å². The second-order valence-electron chi connectivity index (χ2n) is 2.79. The number of epoxide rings is 1. The monoisotopic (exact) mass is 116 g/mol. The van der Waals surface area contributed by atoms with E-state index in [0.717, 1.165) is 6.42 Å². The van der Waals surface area contributed by atoms with Gasteiger partial charge in [0.1, 0.15) is 12.3 Å². The molecule has 0 aromatic rings. The average Bonchev–Trinajstić information content (AvgIpc) is 2.35. The predicted octanol–water partition coefficient (Wildman–Crippen LogP) is 1.13. The van der Waals surface area contributed by atoms with Gasteiger partial charge in [-0.05, 0) is 12.3 Å². The first-order valence-corrected chi connectivity index (χ1v) is 3.08. The molecule has 4 unspecified atom stereocenters. The van der Waals surface area contributed by atoms with Gasteiger partial charge in [0.25, 0.3) is 0 Å². The number of hydrogen-bond donors (Lipinski definition) is 0. The Balaban J connectivity index is 2.09. The molecule has 2 fully saturated rings. The Labute approximate surface area is 47.8 Å². The SMILES string of the molecule is CC1CC(F)C2OC12. The number of halogens is 1. The molecule has 8 heavy (non-hydrogen) atoms. The van der Waals surface area contributed by atoms with E-state index in [1.807, 2.05) is 6.92 Å². The fraction of sp³-hybridized carbons (Fsp3) is 1.00. The molecular formula is C6H9FO. The van der Waals surface area contributed by atoms with Crippen LogP contribution in [0.15, 0.2) is 0 Å². The van der Waals surface area contributed by atoms with Crippen LogP contribution in [0.25, 0.3) is 0 Å². The van der Waals surface area contributed by atoms with Crippen molar-refractivity contribution < 1.29 is 9.13 Å². The van der Waals surface area contributed by atoms with Gasteiger partial charge in [0.15, 0.2) is 0 Å². The summed E-state index contributed by atoms with van der Waals surface area (Å²) in [7, 11) is 0. The quantitative estimate of drug-likeness (QED) is 0.432. The summed E-state index contributed by atoms with van der Waals surface area (Å²) in [6, 6.07) is 0. The Hall–Kier alpha value is -0.110. The standard InChI is InChI=1S/C6H9FO/c1-3-2-4(7)6-5(3)8-6/h3-6H,2H2,1H3. The summed E-state index contributed by atoms with van der Waals surface area (Å²) in [5.41, 5.74) is 0. The highest BCUT2D eigenvalue weighted by Gasteiger charge is 2.55. The number of rotatable bonds is 0. The van der Waals surface area contributed by atoms with Crippen molar-refractivity contribution in [1.29, 1.82) is 0 Å². The smallest absolute Gasteiger partial charge is 0.129 e. The lowest BCUT2D eigenvalue weighted by Crippen LogP contribution is -2.03. The van der Waals surface area contributed by atoms with Gasteiger partial charge < -0.3 is 4.74 Å². The van der Waals surface area contributed by atoms with Crippen molar-refractivity contribution in [2.45, 2.75) is 31.7 Å². The van der Waals surface area contributed by atoms with E-state index >= 15 is 0 Å². The largest absolute Gasteiger partial charge is 0.366 e. The zero-order chi connectivity index (χ0) is 5.72. The minimum atomic E-state index is -0.657. The summed E-state index contributed by atoms with van der Waals surface area (Å²) in [4.78, 5) is 0. The van der Waals surface area contributed by atoms with Gasteiger partial charge in [-0.15, -0.1) is 0 Å². The van der Waals surface area contributed by atoms with E-state index in [9.17, 15) is 4.39 Å². The molecule has 2 rings (SSSR count). The van der Waals surface area contributed by atoms with Crippen LogP contribution in [-0.2, 0) is 4.74 Å². The van der Waals surface area contributed by atoms with Gasteiger partial charge in [0.2, 0.25) is 0 Å². The van der Waals surface area contributed by atoms with E-state index in [1.54, 1.807) is 0 Å². The van der Waals surface area contributed by atoms with Crippen molar-refractivity contribution >= 4 is 0 Å². The van der Waals surface area contributed by atoms with E-state index in [4.69, 9.17) is 4.74 Å². The van der Waals surface area contributed by atoms with E-state index in [-0.39, 0.29) is 12.2 Å². The molecule has 0 bridgehead atoms. The van der Waals surface area contributed by atoms with Gasteiger partial charge in [-0.1, -0.05) is 6.92 Å². The molecule has 0 spiro atoms. The van der Waals surface area contributed by atoms with Crippen LogP contribution in [0, 0.1) is 5.92 Å². The maximum absolute atomic E-state index is 12.5. The normalized spacial score (nSPS) is 60.8. The molecule has 1 saturated carbocycles.